The van der Waals surface area contributed by atoms with Crippen molar-refractivity contribution in [2.24, 2.45) is 52.1 Å². The first-order chi connectivity index (χ1) is 11.9. The maximum atomic E-state index is 13.3. The van der Waals surface area contributed by atoms with Crippen LogP contribution < -0.4 is 5.73 Å². The van der Waals surface area contributed by atoms with Crippen LogP contribution in [0, 0.1) is 46.3 Å². The summed E-state index contributed by atoms with van der Waals surface area (Å²) in [6.07, 6.45) is 12.7. The van der Waals surface area contributed by atoms with Crippen LogP contribution in [0.1, 0.15) is 85.0 Å². The van der Waals surface area contributed by atoms with Gasteiger partial charge in [-0.15, -0.1) is 0 Å². The number of fused-ring (bicyclic) bond motifs is 5. The lowest BCUT2D eigenvalue weighted by Gasteiger charge is -2.60. The molecule has 4 saturated carbocycles. The van der Waals surface area contributed by atoms with Gasteiger partial charge in [0.15, 0.2) is 0 Å². The van der Waals surface area contributed by atoms with Crippen molar-refractivity contribution in [3.8, 4) is 0 Å². The molecule has 2 heteroatoms. The van der Waals surface area contributed by atoms with Gasteiger partial charge in [0.05, 0.1) is 0 Å². The Morgan fingerprint density at radius 2 is 1.76 bits per heavy atom. The van der Waals surface area contributed by atoms with Crippen LogP contribution in [-0.2, 0) is 4.79 Å². The summed E-state index contributed by atoms with van der Waals surface area (Å²) in [4.78, 5) is 13.3. The van der Waals surface area contributed by atoms with Gasteiger partial charge in [-0.1, -0.05) is 27.2 Å². The zero-order valence-electron chi connectivity index (χ0n) is 16.7. The van der Waals surface area contributed by atoms with E-state index in [4.69, 9.17) is 5.73 Å². The van der Waals surface area contributed by atoms with Crippen LogP contribution in [0.25, 0.3) is 0 Å². The third-order valence-electron chi connectivity index (χ3n) is 9.69. The van der Waals surface area contributed by atoms with Crippen molar-refractivity contribution in [3.63, 3.8) is 0 Å². The number of carbonyl (C=O) groups is 1. The van der Waals surface area contributed by atoms with E-state index in [2.05, 4.69) is 20.8 Å². The molecule has 0 radical (unpaired) electrons. The van der Waals surface area contributed by atoms with E-state index < -0.39 is 0 Å². The van der Waals surface area contributed by atoms with Crippen molar-refractivity contribution < 1.29 is 4.79 Å². The summed E-state index contributed by atoms with van der Waals surface area (Å²) in [5.74, 6) is 4.68. The highest BCUT2D eigenvalue weighted by Gasteiger charge is 2.62. The van der Waals surface area contributed by atoms with E-state index in [0.717, 1.165) is 31.2 Å². The lowest BCUT2D eigenvalue weighted by molar-refractivity contribution is -0.157. The molecule has 4 rings (SSSR count). The predicted octanol–water partition coefficient (Wildman–Crippen LogP) is 5.20. The van der Waals surface area contributed by atoms with E-state index in [1.807, 2.05) is 0 Å². The van der Waals surface area contributed by atoms with Gasteiger partial charge >= 0.3 is 0 Å². The molecule has 0 aliphatic heterocycles. The number of ketones is 1. The van der Waals surface area contributed by atoms with Gasteiger partial charge in [0.2, 0.25) is 0 Å². The second-order valence-corrected chi connectivity index (χ2v) is 10.7. The van der Waals surface area contributed by atoms with E-state index in [9.17, 15) is 4.79 Å². The van der Waals surface area contributed by atoms with Gasteiger partial charge in [0.1, 0.15) is 5.78 Å². The zero-order chi connectivity index (χ0) is 17.8. The lowest BCUT2D eigenvalue weighted by Crippen LogP contribution is -2.56. The summed E-state index contributed by atoms with van der Waals surface area (Å²) in [5, 5.41) is 0. The van der Waals surface area contributed by atoms with Gasteiger partial charge in [-0.2, -0.15) is 0 Å². The third kappa shape index (κ3) is 2.65. The second-order valence-electron chi connectivity index (χ2n) is 10.7. The average Bonchev–Trinajstić information content (AvgIpc) is 2.91. The van der Waals surface area contributed by atoms with Crippen LogP contribution in [0.15, 0.2) is 0 Å². The van der Waals surface area contributed by atoms with E-state index in [1.165, 1.54) is 51.4 Å². The largest absolute Gasteiger partial charge is 0.330 e. The van der Waals surface area contributed by atoms with E-state index in [0.29, 0.717) is 40.3 Å². The van der Waals surface area contributed by atoms with Crippen molar-refractivity contribution in [3.05, 3.63) is 0 Å². The first-order valence-corrected chi connectivity index (χ1v) is 11.1. The molecular weight excluding hydrogens is 306 g/mol. The normalized spacial score (nSPS) is 52.4. The zero-order valence-corrected chi connectivity index (χ0v) is 16.7. The van der Waals surface area contributed by atoms with Crippen molar-refractivity contribution in [1.82, 2.24) is 0 Å². The lowest BCUT2D eigenvalue weighted by atomic mass is 9.44. The molecule has 6 unspecified atom stereocenters. The summed E-state index contributed by atoms with van der Waals surface area (Å²) in [5.41, 5.74) is 6.65. The Bertz CT molecular complexity index is 530. The molecule has 0 aromatic rings. The number of hydrogen-bond acceptors (Lipinski definition) is 2. The molecule has 4 fully saturated rings. The van der Waals surface area contributed by atoms with Crippen LogP contribution in [0.5, 0.6) is 0 Å². The summed E-state index contributed by atoms with van der Waals surface area (Å²) < 4.78 is 0. The van der Waals surface area contributed by atoms with E-state index in [-0.39, 0.29) is 0 Å². The van der Waals surface area contributed by atoms with Crippen molar-refractivity contribution >= 4 is 5.78 Å². The quantitative estimate of drug-likeness (QED) is 0.764. The van der Waals surface area contributed by atoms with Crippen molar-refractivity contribution in [2.75, 3.05) is 6.54 Å². The maximum absolute atomic E-state index is 13.3. The number of rotatable bonds is 3. The van der Waals surface area contributed by atoms with Crippen molar-refractivity contribution in [1.29, 1.82) is 0 Å². The fourth-order valence-electron chi connectivity index (χ4n) is 8.09. The summed E-state index contributed by atoms with van der Waals surface area (Å²) in [6.45, 7) is 8.32. The molecular formula is C23H39NO. The molecule has 0 aromatic carbocycles. The van der Waals surface area contributed by atoms with Crippen LogP contribution in [-0.4, -0.2) is 12.3 Å². The molecule has 4 aliphatic carbocycles. The van der Waals surface area contributed by atoms with Gasteiger partial charge in [-0.25, -0.2) is 0 Å². The fraction of sp³-hybridized carbons (Fsp3) is 0.957. The highest BCUT2D eigenvalue weighted by atomic mass is 16.1. The Morgan fingerprint density at radius 1 is 1.04 bits per heavy atom. The number of nitrogens with two attached hydrogens (primary N) is 1. The van der Waals surface area contributed by atoms with Gasteiger partial charge in [-0.3, -0.25) is 4.79 Å². The Balaban J connectivity index is 1.60. The van der Waals surface area contributed by atoms with Gasteiger partial charge in [0, 0.05) is 12.3 Å². The minimum atomic E-state index is 0.385. The Hall–Kier alpha value is -0.370. The number of carbonyl (C=O) groups excluding carboxylic acids is 1. The highest BCUT2D eigenvalue weighted by molar-refractivity contribution is 5.83. The van der Waals surface area contributed by atoms with Gasteiger partial charge in [0.25, 0.3) is 0 Å². The highest BCUT2D eigenvalue weighted by Crippen LogP contribution is 2.67. The van der Waals surface area contributed by atoms with Crippen LogP contribution in [0.4, 0.5) is 0 Å². The molecule has 0 spiro atoms. The smallest absolute Gasteiger partial charge is 0.136 e. The maximum Gasteiger partial charge on any atom is 0.136 e. The van der Waals surface area contributed by atoms with E-state index in [1.54, 1.807) is 0 Å². The minimum Gasteiger partial charge on any atom is -0.330 e. The first-order valence-electron chi connectivity index (χ1n) is 11.1. The molecule has 8 atom stereocenters. The second kappa shape index (κ2) is 6.36. The topological polar surface area (TPSA) is 43.1 Å². The molecule has 0 amide bonds. The molecule has 2 nitrogen and oxygen atoms in total. The SMILES string of the molecule is C[C@@H]1CCC2(C)C(CC(=O)C3C2CCC2(C)C3CC[C@@H]2CCCN)C1. The Kier molecular flexibility index (Phi) is 4.58. The molecule has 142 valence electrons. The molecule has 0 saturated heterocycles. The van der Waals surface area contributed by atoms with Crippen molar-refractivity contribution in [2.45, 2.75) is 85.0 Å². The molecule has 0 heterocycles. The molecule has 4 aliphatic rings. The molecule has 25 heavy (non-hydrogen) atoms. The molecule has 0 aromatic heterocycles. The van der Waals surface area contributed by atoms with Gasteiger partial charge < -0.3 is 5.73 Å². The average molecular weight is 346 g/mol. The number of hydrogen-bond donors (Lipinski definition) is 1. The van der Waals surface area contributed by atoms with Crippen LogP contribution in [0.3, 0.4) is 0 Å². The Morgan fingerprint density at radius 3 is 2.52 bits per heavy atom. The summed E-state index contributed by atoms with van der Waals surface area (Å²) in [7, 11) is 0. The fourth-order valence-corrected chi connectivity index (χ4v) is 8.09. The monoisotopic (exact) mass is 345 g/mol. The molecule has 0 bridgehead atoms. The standard InChI is InChI=1S/C23H39NO/c1-15-8-10-23(3)17(13-15)14-20(25)21-18-7-6-16(5-4-12-24)22(18,2)11-9-19(21)23/h15-19,21H,4-14,24H2,1-3H3/t15-,16+,17?,18?,19?,21?,22?,23?/m1/s1. The van der Waals surface area contributed by atoms with Gasteiger partial charge in [-0.05, 0) is 98.3 Å². The third-order valence-corrected chi connectivity index (χ3v) is 9.69. The van der Waals surface area contributed by atoms with Crippen LogP contribution >= 0.6 is 0 Å². The van der Waals surface area contributed by atoms with E-state index >= 15 is 0 Å². The van der Waals surface area contributed by atoms with Crippen LogP contribution in [0.2, 0.25) is 0 Å². The minimum absolute atomic E-state index is 0.385. The first kappa shape index (κ1) is 18.0. The predicted molar refractivity (Wildman–Crippen MR) is 103 cm³/mol. The molecule has 2 N–H and O–H groups in total. The Labute approximate surface area is 154 Å². The number of Topliss-reactive ketones (excluding diaryl/α,β-unsaturated/α-hetero) is 1. The summed E-state index contributed by atoms with van der Waals surface area (Å²) >= 11 is 0. The summed E-state index contributed by atoms with van der Waals surface area (Å²) in [6, 6.07) is 0.